The molecule has 0 unspecified atom stereocenters. The molecule has 1 saturated carbocycles. The van der Waals surface area contributed by atoms with Crippen LogP contribution in [0.1, 0.15) is 51.2 Å². The van der Waals surface area contributed by atoms with E-state index in [1.54, 1.807) is 23.3 Å². The van der Waals surface area contributed by atoms with Crippen molar-refractivity contribution in [3.8, 4) is 11.3 Å². The summed E-state index contributed by atoms with van der Waals surface area (Å²) in [6, 6.07) is 5.67. The van der Waals surface area contributed by atoms with E-state index in [1.165, 1.54) is 0 Å². The van der Waals surface area contributed by atoms with Gasteiger partial charge in [0.2, 0.25) is 0 Å². The normalized spacial score (nSPS) is 23.1. The van der Waals surface area contributed by atoms with Gasteiger partial charge in [0.1, 0.15) is 5.69 Å². The molecule has 31 heavy (non-hydrogen) atoms. The van der Waals surface area contributed by atoms with Gasteiger partial charge in [-0.05, 0) is 37.1 Å². The Morgan fingerprint density at radius 2 is 2.03 bits per heavy atom. The maximum Gasteiger partial charge on any atom is 0.341 e. The number of esters is 1. The average Bonchev–Trinajstić information content (AvgIpc) is 3.11. The van der Waals surface area contributed by atoms with Gasteiger partial charge in [-0.2, -0.15) is 5.10 Å². The molecule has 1 N–H and O–H groups in total. The van der Waals surface area contributed by atoms with Crippen LogP contribution in [-0.4, -0.2) is 44.6 Å². The van der Waals surface area contributed by atoms with Gasteiger partial charge < -0.3 is 10.1 Å². The van der Waals surface area contributed by atoms with Gasteiger partial charge in [-0.25, -0.2) is 4.79 Å². The van der Waals surface area contributed by atoms with Gasteiger partial charge in [-0.1, -0.05) is 6.07 Å². The van der Waals surface area contributed by atoms with Crippen LogP contribution in [0.15, 0.2) is 43.0 Å². The van der Waals surface area contributed by atoms with E-state index in [4.69, 9.17) is 4.74 Å². The maximum atomic E-state index is 13.7. The summed E-state index contributed by atoms with van der Waals surface area (Å²) in [6.07, 6.45) is 9.17. The number of pyridine rings is 2. The van der Waals surface area contributed by atoms with Crippen molar-refractivity contribution < 1.29 is 14.3 Å². The van der Waals surface area contributed by atoms with Crippen molar-refractivity contribution >= 4 is 11.8 Å². The van der Waals surface area contributed by atoms with Crippen LogP contribution in [0, 0.1) is 0 Å². The predicted octanol–water partition coefficient (Wildman–Crippen LogP) is 2.15. The van der Waals surface area contributed by atoms with Crippen molar-refractivity contribution in [3.05, 3.63) is 65.4 Å². The quantitative estimate of drug-likeness (QED) is 0.515. The highest BCUT2D eigenvalue weighted by Gasteiger charge is 2.55. The molecule has 3 aromatic rings. The zero-order chi connectivity index (χ0) is 21.2. The van der Waals surface area contributed by atoms with E-state index in [9.17, 15) is 9.59 Å². The number of ether oxygens (including phenoxy) is 1. The highest BCUT2D eigenvalue weighted by Crippen LogP contribution is 2.51. The zero-order valence-electron chi connectivity index (χ0n) is 17.1. The van der Waals surface area contributed by atoms with Crippen LogP contribution < -0.4 is 5.32 Å². The highest BCUT2D eigenvalue weighted by molar-refractivity contribution is 6.12. The van der Waals surface area contributed by atoms with Crippen molar-refractivity contribution in [2.24, 2.45) is 7.05 Å². The van der Waals surface area contributed by atoms with Crippen molar-refractivity contribution in [1.29, 1.82) is 0 Å². The second-order valence-corrected chi connectivity index (χ2v) is 8.64. The topological polar surface area (TPSA) is 99.0 Å². The van der Waals surface area contributed by atoms with Crippen molar-refractivity contribution in [2.75, 3.05) is 13.1 Å². The number of ketones is 1. The fourth-order valence-electron chi connectivity index (χ4n) is 4.89. The number of carbonyl (C=O) groups is 2. The Morgan fingerprint density at radius 1 is 1.16 bits per heavy atom. The highest BCUT2D eigenvalue weighted by atomic mass is 16.6. The summed E-state index contributed by atoms with van der Waals surface area (Å²) in [4.78, 5) is 35.4. The molecule has 3 aromatic heterocycles. The van der Waals surface area contributed by atoms with Gasteiger partial charge in [0.25, 0.3) is 0 Å². The average molecular weight is 415 g/mol. The van der Waals surface area contributed by atoms with Crippen LogP contribution in [-0.2, 0) is 22.8 Å². The molecule has 3 aliphatic rings. The number of nitrogens with zero attached hydrogens (tertiary/aromatic N) is 4. The summed E-state index contributed by atoms with van der Waals surface area (Å²) in [5.74, 6) is -0.573. The first kappa shape index (κ1) is 18.4. The maximum absolute atomic E-state index is 13.7. The fraction of sp³-hybridized carbons (Fsp3) is 0.348. The minimum atomic E-state index is -0.674. The summed E-state index contributed by atoms with van der Waals surface area (Å²) < 4.78 is 7.49. The SMILES string of the molecule is Cn1cc(-c2ccc(C3(C(=O)c4nccc5c4C(=O)O[C@]54CCNC4)CC3)cn2)cn1. The standard InChI is InChI=1S/C23H21N5O3/c1-28-12-14(10-27-28)17-3-2-15(11-26-17)22(5-6-22)20(29)19-18-16(4-8-25-19)23(31-21(18)30)7-9-24-13-23/h2-4,8,10-12,24H,5-7,9,13H2,1H3/t23-/m0/s1. The van der Waals surface area contributed by atoms with Gasteiger partial charge in [0, 0.05) is 49.7 Å². The first-order valence-electron chi connectivity index (χ1n) is 10.5. The Bertz CT molecular complexity index is 1220. The molecule has 8 nitrogen and oxygen atoms in total. The van der Waals surface area contributed by atoms with E-state index in [2.05, 4.69) is 20.4 Å². The van der Waals surface area contributed by atoms with Gasteiger partial charge in [-0.15, -0.1) is 0 Å². The molecule has 1 atom stereocenters. The minimum absolute atomic E-state index is 0.125. The molecule has 6 rings (SSSR count). The first-order valence-corrected chi connectivity index (χ1v) is 10.5. The number of rotatable bonds is 4. The van der Waals surface area contributed by atoms with Gasteiger partial charge in [0.05, 0.1) is 22.9 Å². The van der Waals surface area contributed by atoms with Gasteiger partial charge in [-0.3, -0.25) is 19.4 Å². The molecular weight excluding hydrogens is 394 g/mol. The Labute approximate surface area is 178 Å². The van der Waals surface area contributed by atoms with E-state index in [0.717, 1.165) is 28.9 Å². The van der Waals surface area contributed by atoms with Crippen LogP contribution in [0.25, 0.3) is 11.3 Å². The van der Waals surface area contributed by atoms with Crippen LogP contribution in [0.2, 0.25) is 0 Å². The molecule has 2 aliphatic heterocycles. The van der Waals surface area contributed by atoms with Gasteiger partial charge in [0.15, 0.2) is 11.4 Å². The molecular formula is C23H21N5O3. The number of hydrogen-bond donors (Lipinski definition) is 1. The van der Waals surface area contributed by atoms with Crippen LogP contribution in [0.5, 0.6) is 0 Å². The second kappa shape index (κ2) is 6.31. The van der Waals surface area contributed by atoms with Crippen molar-refractivity contribution in [1.82, 2.24) is 25.1 Å². The van der Waals surface area contributed by atoms with Crippen molar-refractivity contribution in [3.63, 3.8) is 0 Å². The second-order valence-electron chi connectivity index (χ2n) is 8.64. The van der Waals surface area contributed by atoms with E-state index >= 15 is 0 Å². The lowest BCUT2D eigenvalue weighted by Crippen LogP contribution is -2.29. The molecule has 5 heterocycles. The van der Waals surface area contributed by atoms with E-state index in [-0.39, 0.29) is 11.5 Å². The molecule has 1 aliphatic carbocycles. The van der Waals surface area contributed by atoms with E-state index in [0.29, 0.717) is 31.4 Å². The molecule has 0 aromatic carbocycles. The Hall–Kier alpha value is -3.39. The molecule has 1 spiro atoms. The number of nitrogens with one attached hydrogen (secondary N) is 1. The number of carbonyl (C=O) groups excluding carboxylic acids is 2. The molecule has 0 amide bonds. The smallest absolute Gasteiger partial charge is 0.341 e. The molecule has 0 radical (unpaired) electrons. The summed E-state index contributed by atoms with van der Waals surface area (Å²) in [5.41, 5.74) is 2.57. The lowest BCUT2D eigenvalue weighted by molar-refractivity contribution is 0.00158. The summed E-state index contributed by atoms with van der Waals surface area (Å²) in [7, 11) is 1.86. The fourth-order valence-corrected chi connectivity index (χ4v) is 4.89. The van der Waals surface area contributed by atoms with Crippen LogP contribution in [0.3, 0.4) is 0 Å². The summed E-state index contributed by atoms with van der Waals surface area (Å²) in [5, 5.41) is 7.44. The third-order valence-corrected chi connectivity index (χ3v) is 6.77. The van der Waals surface area contributed by atoms with Crippen LogP contribution >= 0.6 is 0 Å². The molecule has 1 saturated heterocycles. The number of Topliss-reactive ketones (excluding diaryl/α,β-unsaturated/α-hetero) is 1. The van der Waals surface area contributed by atoms with E-state index in [1.807, 2.05) is 31.4 Å². The number of aryl methyl sites for hydroxylation is 1. The van der Waals surface area contributed by atoms with Gasteiger partial charge >= 0.3 is 5.97 Å². The first-order chi connectivity index (χ1) is 15.0. The molecule has 8 heteroatoms. The Kier molecular flexibility index (Phi) is 3.74. The Balaban J connectivity index is 1.36. The third kappa shape index (κ3) is 2.61. The van der Waals surface area contributed by atoms with E-state index < -0.39 is 17.0 Å². The molecule has 156 valence electrons. The zero-order valence-corrected chi connectivity index (χ0v) is 17.1. The lowest BCUT2D eigenvalue weighted by Gasteiger charge is -2.21. The largest absolute Gasteiger partial charge is 0.449 e. The number of fused-ring (bicyclic) bond motifs is 2. The molecule has 2 fully saturated rings. The third-order valence-electron chi connectivity index (χ3n) is 6.77. The predicted molar refractivity (Wildman–Crippen MR) is 110 cm³/mol. The summed E-state index contributed by atoms with van der Waals surface area (Å²) in [6.45, 7) is 1.34. The van der Waals surface area contributed by atoms with Crippen molar-refractivity contribution in [2.45, 2.75) is 30.3 Å². The number of hydrogen-bond acceptors (Lipinski definition) is 7. The monoisotopic (exact) mass is 415 g/mol. The Morgan fingerprint density at radius 3 is 2.68 bits per heavy atom. The van der Waals surface area contributed by atoms with Crippen LogP contribution in [0.4, 0.5) is 0 Å². The lowest BCUT2D eigenvalue weighted by atomic mass is 9.85. The number of aromatic nitrogens is 4. The minimum Gasteiger partial charge on any atom is -0.449 e. The molecule has 0 bridgehead atoms. The summed E-state index contributed by atoms with van der Waals surface area (Å²) >= 11 is 0.